The van der Waals surface area contributed by atoms with E-state index >= 15 is 0 Å². The van der Waals surface area contributed by atoms with E-state index in [2.05, 4.69) is 10.3 Å². The lowest BCUT2D eigenvalue weighted by Crippen LogP contribution is -2.25. The summed E-state index contributed by atoms with van der Waals surface area (Å²) in [6.45, 7) is -0.0368. The van der Waals surface area contributed by atoms with E-state index in [1.807, 2.05) is 0 Å². The minimum absolute atomic E-state index is 0.0368. The second kappa shape index (κ2) is 6.07. The summed E-state index contributed by atoms with van der Waals surface area (Å²) in [6, 6.07) is 11.4. The molecular weight excluding hydrogens is 362 g/mol. The van der Waals surface area contributed by atoms with Gasteiger partial charge in [0.2, 0.25) is 0 Å². The van der Waals surface area contributed by atoms with Crippen molar-refractivity contribution in [3.63, 3.8) is 0 Å². The van der Waals surface area contributed by atoms with Crippen molar-refractivity contribution in [2.24, 2.45) is 0 Å². The van der Waals surface area contributed by atoms with Crippen LogP contribution in [0.5, 0.6) is 0 Å². The molecular formula is C19H15F4N3O. The molecule has 27 heavy (non-hydrogen) atoms. The van der Waals surface area contributed by atoms with E-state index in [9.17, 15) is 22.4 Å². The van der Waals surface area contributed by atoms with Gasteiger partial charge in [-0.15, -0.1) is 0 Å². The minimum Gasteiger partial charge on any atom is -0.366 e. The van der Waals surface area contributed by atoms with Crippen molar-refractivity contribution in [1.29, 1.82) is 0 Å². The zero-order valence-corrected chi connectivity index (χ0v) is 14.1. The number of para-hydroxylation sites is 1. The molecule has 140 valence electrons. The Morgan fingerprint density at radius 1 is 1.11 bits per heavy atom. The third-order valence-corrected chi connectivity index (χ3v) is 4.60. The lowest BCUT2D eigenvalue weighted by atomic mass is 10.1. The Hall–Kier alpha value is -2.90. The molecule has 1 N–H and O–H groups in total. The van der Waals surface area contributed by atoms with Crippen molar-refractivity contribution in [3.05, 3.63) is 64.6 Å². The van der Waals surface area contributed by atoms with Gasteiger partial charge in [-0.05, 0) is 43.2 Å². The van der Waals surface area contributed by atoms with Crippen LogP contribution in [-0.4, -0.2) is 21.8 Å². The Balaban J connectivity index is 1.93. The number of alkyl halides is 4. The van der Waals surface area contributed by atoms with Crippen LogP contribution in [0.15, 0.2) is 53.3 Å². The molecule has 4 nitrogen and oxygen atoms in total. The molecule has 3 aromatic rings. The number of hydrogen-bond donors (Lipinski definition) is 1. The van der Waals surface area contributed by atoms with Gasteiger partial charge >= 0.3 is 11.9 Å². The molecule has 0 unspecified atom stereocenters. The molecule has 0 amide bonds. The highest BCUT2D eigenvalue weighted by molar-refractivity contribution is 5.91. The van der Waals surface area contributed by atoms with Crippen LogP contribution in [0.3, 0.4) is 0 Å². The van der Waals surface area contributed by atoms with Crippen LogP contribution in [0.1, 0.15) is 18.4 Å². The highest BCUT2D eigenvalue weighted by atomic mass is 19.4. The van der Waals surface area contributed by atoms with Crippen LogP contribution >= 0.6 is 0 Å². The second-order valence-electron chi connectivity index (χ2n) is 6.65. The van der Waals surface area contributed by atoms with E-state index in [4.69, 9.17) is 0 Å². The van der Waals surface area contributed by atoms with Crippen molar-refractivity contribution in [3.8, 4) is 5.69 Å². The first-order valence-electron chi connectivity index (χ1n) is 8.39. The fourth-order valence-electron chi connectivity index (χ4n) is 2.92. The Bertz CT molecular complexity index is 1060. The molecule has 2 aromatic carbocycles. The molecule has 1 aliphatic carbocycles. The topological polar surface area (TPSA) is 46.9 Å². The van der Waals surface area contributed by atoms with Crippen LogP contribution in [-0.2, 0) is 6.18 Å². The van der Waals surface area contributed by atoms with Crippen LogP contribution in [0.2, 0.25) is 0 Å². The predicted molar refractivity (Wildman–Crippen MR) is 93.9 cm³/mol. The predicted octanol–water partition coefficient (Wildman–Crippen LogP) is 4.32. The van der Waals surface area contributed by atoms with Gasteiger partial charge in [-0.3, -0.25) is 4.57 Å². The van der Waals surface area contributed by atoms with Crippen molar-refractivity contribution in [1.82, 2.24) is 9.55 Å². The zero-order valence-electron chi connectivity index (χ0n) is 14.1. The Morgan fingerprint density at radius 2 is 1.81 bits per heavy atom. The van der Waals surface area contributed by atoms with Crippen molar-refractivity contribution >= 4 is 16.7 Å². The molecule has 1 aliphatic rings. The van der Waals surface area contributed by atoms with Crippen LogP contribution in [0.25, 0.3) is 16.6 Å². The van der Waals surface area contributed by atoms with E-state index in [0.717, 1.165) is 16.7 Å². The molecule has 1 saturated carbocycles. The highest BCUT2D eigenvalue weighted by Crippen LogP contribution is 2.40. The minimum atomic E-state index is -4.56. The third-order valence-electron chi connectivity index (χ3n) is 4.60. The van der Waals surface area contributed by atoms with E-state index in [0.29, 0.717) is 23.9 Å². The number of nitrogens with zero attached hydrogens (tertiary/aromatic N) is 2. The van der Waals surface area contributed by atoms with Gasteiger partial charge in [-0.2, -0.15) is 18.2 Å². The molecule has 0 bridgehead atoms. The fourth-order valence-corrected chi connectivity index (χ4v) is 2.92. The Labute approximate surface area is 151 Å². The summed E-state index contributed by atoms with van der Waals surface area (Å²) in [4.78, 5) is 16.5. The third kappa shape index (κ3) is 3.39. The second-order valence-corrected chi connectivity index (χ2v) is 6.65. The number of halogens is 4. The number of anilines is 1. The Morgan fingerprint density at radius 3 is 2.44 bits per heavy atom. The molecule has 0 aliphatic heterocycles. The van der Waals surface area contributed by atoms with Gasteiger partial charge in [0.25, 0.3) is 0 Å². The SMILES string of the molecule is O=c1nc(NCC2(F)CC2)c2ccc(C(F)(F)F)cc2n1-c1ccccc1. The first-order valence-corrected chi connectivity index (χ1v) is 8.39. The van der Waals surface area contributed by atoms with E-state index in [1.165, 1.54) is 6.07 Å². The zero-order chi connectivity index (χ0) is 19.2. The van der Waals surface area contributed by atoms with Gasteiger partial charge in [0.15, 0.2) is 0 Å². The molecule has 0 atom stereocenters. The Kier molecular flexibility index (Phi) is 3.94. The van der Waals surface area contributed by atoms with Crippen LogP contribution < -0.4 is 11.0 Å². The lowest BCUT2D eigenvalue weighted by molar-refractivity contribution is -0.137. The smallest absolute Gasteiger partial charge is 0.366 e. The summed E-state index contributed by atoms with van der Waals surface area (Å²) in [5, 5.41) is 3.10. The standard InChI is InChI=1S/C19H15F4N3O/c20-18(8-9-18)11-24-16-14-7-6-12(19(21,22)23)10-15(14)26(17(27)25-16)13-4-2-1-3-5-13/h1-7,10H,8-9,11H2,(H,24,25,27). The van der Waals surface area contributed by atoms with Crippen molar-refractivity contribution < 1.29 is 17.6 Å². The van der Waals surface area contributed by atoms with Gasteiger partial charge < -0.3 is 5.32 Å². The number of rotatable bonds is 4. The summed E-state index contributed by atoms with van der Waals surface area (Å²) in [5.74, 6) is 0.0832. The van der Waals surface area contributed by atoms with Gasteiger partial charge in [-0.25, -0.2) is 9.18 Å². The summed E-state index contributed by atoms with van der Waals surface area (Å²) < 4.78 is 54.6. The van der Waals surface area contributed by atoms with Crippen LogP contribution in [0, 0.1) is 0 Å². The molecule has 1 heterocycles. The monoisotopic (exact) mass is 377 g/mol. The molecule has 0 saturated heterocycles. The first-order chi connectivity index (χ1) is 12.8. The maximum atomic E-state index is 13.9. The van der Waals surface area contributed by atoms with Gasteiger partial charge in [0.05, 0.1) is 23.3 Å². The highest BCUT2D eigenvalue weighted by Gasteiger charge is 2.43. The molecule has 8 heteroatoms. The normalized spacial score (nSPS) is 15.7. The first kappa shape index (κ1) is 17.5. The van der Waals surface area contributed by atoms with Gasteiger partial charge in [0, 0.05) is 5.39 Å². The van der Waals surface area contributed by atoms with Crippen molar-refractivity contribution in [2.75, 3.05) is 11.9 Å². The summed E-state index contributed by atoms with van der Waals surface area (Å²) >= 11 is 0. The quantitative estimate of drug-likeness (QED) is 0.689. The van der Waals surface area contributed by atoms with E-state index in [1.54, 1.807) is 30.3 Å². The van der Waals surface area contributed by atoms with Crippen molar-refractivity contribution in [2.45, 2.75) is 24.7 Å². The average molecular weight is 377 g/mol. The van der Waals surface area contributed by atoms with Gasteiger partial charge in [-0.1, -0.05) is 18.2 Å². The number of fused-ring (bicyclic) bond motifs is 1. The number of hydrogen-bond acceptors (Lipinski definition) is 3. The molecule has 0 spiro atoms. The molecule has 1 fully saturated rings. The number of aromatic nitrogens is 2. The van der Waals surface area contributed by atoms with Gasteiger partial charge in [0.1, 0.15) is 11.5 Å². The molecule has 0 radical (unpaired) electrons. The molecule has 1 aromatic heterocycles. The summed E-state index contributed by atoms with van der Waals surface area (Å²) in [6.07, 6.45) is -3.73. The van der Waals surface area contributed by atoms with E-state index in [-0.39, 0.29) is 17.9 Å². The summed E-state index contributed by atoms with van der Waals surface area (Å²) in [7, 11) is 0. The number of nitrogens with one attached hydrogen (secondary N) is 1. The largest absolute Gasteiger partial charge is 0.416 e. The van der Waals surface area contributed by atoms with E-state index < -0.39 is 23.1 Å². The molecule has 4 rings (SSSR count). The maximum absolute atomic E-state index is 13.9. The maximum Gasteiger partial charge on any atom is 0.416 e. The number of benzene rings is 2. The van der Waals surface area contributed by atoms with Crippen LogP contribution in [0.4, 0.5) is 23.4 Å². The summed E-state index contributed by atoms with van der Waals surface area (Å²) in [5.41, 5.74) is -2.49. The fraction of sp³-hybridized carbons (Fsp3) is 0.263. The lowest BCUT2D eigenvalue weighted by Gasteiger charge is -2.16. The average Bonchev–Trinajstić information content (AvgIpc) is 3.37.